The first-order valence-corrected chi connectivity index (χ1v) is 3.60. The lowest BCUT2D eigenvalue weighted by molar-refractivity contribution is -0.616. The van der Waals surface area contributed by atoms with E-state index in [0.717, 1.165) is 6.42 Å². The van der Waals surface area contributed by atoms with Crippen LogP contribution in [0.3, 0.4) is 0 Å². The molecule has 5 N–H and O–H groups in total. The minimum absolute atomic E-state index is 0.399. The van der Waals surface area contributed by atoms with Crippen molar-refractivity contribution in [3.8, 4) is 0 Å². The quantitative estimate of drug-likeness (QED) is 0.331. The summed E-state index contributed by atoms with van der Waals surface area (Å²) in [5.74, 6) is -1.04. The number of hydrogen-bond donors (Lipinski definition) is 3. The van der Waals surface area contributed by atoms with E-state index >= 15 is 0 Å². The third-order valence-corrected chi connectivity index (χ3v) is 1.45. The Morgan fingerprint density at radius 1 is 1.64 bits per heavy atom. The van der Waals surface area contributed by atoms with Crippen LogP contribution in [0.1, 0.15) is 19.3 Å². The van der Waals surface area contributed by atoms with Crippen LogP contribution >= 0.6 is 0 Å². The number of nitrogens with two attached hydrogens (primary N) is 2. The molecule has 0 fully saturated rings. The number of rotatable bonds is 6. The normalized spacial score (nSPS) is 12.9. The molecule has 0 aromatic carbocycles. The standard InChI is InChI=1S/C6H14N2O3/c7-4-2-1-3-5(8-11)6(9)10/h5H,1-4,7-8H2,(H,9,10)/t5-/m0/s1. The Labute approximate surface area is 65.2 Å². The van der Waals surface area contributed by atoms with Crippen LogP contribution < -0.4 is 11.2 Å². The van der Waals surface area contributed by atoms with E-state index in [4.69, 9.17) is 10.8 Å². The Kier molecular flexibility index (Phi) is 5.73. The number of hydroxylamine groups is 1. The van der Waals surface area contributed by atoms with Crippen molar-refractivity contribution in [1.29, 1.82) is 0 Å². The van der Waals surface area contributed by atoms with Gasteiger partial charge in [0.25, 0.3) is 0 Å². The molecule has 0 aromatic heterocycles. The lowest BCUT2D eigenvalue weighted by atomic mass is 10.1. The highest BCUT2D eigenvalue weighted by atomic mass is 16.5. The summed E-state index contributed by atoms with van der Waals surface area (Å²) in [7, 11) is 0. The van der Waals surface area contributed by atoms with E-state index in [1.807, 2.05) is 0 Å². The monoisotopic (exact) mass is 162 g/mol. The lowest BCUT2D eigenvalue weighted by Crippen LogP contribution is -2.86. The molecule has 0 amide bonds. The molecule has 5 heteroatoms. The van der Waals surface area contributed by atoms with E-state index in [1.165, 1.54) is 0 Å². The summed E-state index contributed by atoms with van der Waals surface area (Å²) in [5.41, 5.74) is 5.67. The maximum absolute atomic E-state index is 10.3. The number of aliphatic carboxylic acids is 1. The molecule has 0 aliphatic heterocycles. The molecule has 0 unspecified atom stereocenters. The maximum Gasteiger partial charge on any atom is 0.362 e. The number of hydrogen-bond acceptors (Lipinski definition) is 3. The fourth-order valence-corrected chi connectivity index (χ4v) is 0.758. The molecule has 1 atom stereocenters. The second kappa shape index (κ2) is 6.09. The molecule has 0 radical (unpaired) electrons. The zero-order chi connectivity index (χ0) is 8.69. The molecule has 0 saturated heterocycles. The fraction of sp³-hybridized carbons (Fsp3) is 0.833. The van der Waals surface area contributed by atoms with Crippen LogP contribution in [-0.2, 0) is 4.79 Å². The minimum Gasteiger partial charge on any atom is -0.635 e. The van der Waals surface area contributed by atoms with Crippen LogP contribution in [0.5, 0.6) is 0 Å². The van der Waals surface area contributed by atoms with E-state index in [1.54, 1.807) is 0 Å². The second-order valence-electron chi connectivity index (χ2n) is 2.37. The van der Waals surface area contributed by atoms with Crippen LogP contribution in [0, 0.1) is 5.21 Å². The van der Waals surface area contributed by atoms with Crippen LogP contribution in [0.4, 0.5) is 0 Å². The highest BCUT2D eigenvalue weighted by molar-refractivity contribution is 5.71. The Morgan fingerprint density at radius 3 is 2.64 bits per heavy atom. The number of unbranched alkanes of at least 4 members (excludes halogenated alkanes) is 1. The molecule has 0 aliphatic rings. The van der Waals surface area contributed by atoms with Gasteiger partial charge in [-0.1, -0.05) is 0 Å². The van der Waals surface area contributed by atoms with E-state index in [-0.39, 0.29) is 0 Å². The number of carboxylic acid groups (broad SMARTS) is 1. The third-order valence-electron chi connectivity index (χ3n) is 1.45. The molecule has 0 rings (SSSR count). The molecule has 0 aliphatic carbocycles. The zero-order valence-electron chi connectivity index (χ0n) is 6.32. The molecule has 0 heterocycles. The summed E-state index contributed by atoms with van der Waals surface area (Å²) >= 11 is 0. The Hall–Kier alpha value is -0.650. The van der Waals surface area contributed by atoms with Gasteiger partial charge in [-0.2, -0.15) is 0 Å². The van der Waals surface area contributed by atoms with Crippen molar-refractivity contribution in [2.24, 2.45) is 5.73 Å². The summed E-state index contributed by atoms with van der Waals surface area (Å²) in [6, 6.07) is -0.846. The van der Waals surface area contributed by atoms with Crippen molar-refractivity contribution in [2.45, 2.75) is 25.3 Å². The first-order valence-electron chi connectivity index (χ1n) is 3.60. The predicted molar refractivity (Wildman–Crippen MR) is 39.6 cm³/mol. The number of carboxylic acids is 1. The third kappa shape index (κ3) is 4.72. The Bertz CT molecular complexity index is 118. The average Bonchev–Trinajstić information content (AvgIpc) is 1.97. The molecule has 0 saturated carbocycles. The summed E-state index contributed by atoms with van der Waals surface area (Å²) in [5, 5.41) is 18.5. The SMILES string of the molecule is NCCCC[C@H]([NH2+][O-])C(=O)O. The summed E-state index contributed by atoms with van der Waals surface area (Å²) in [6.45, 7) is 0.547. The van der Waals surface area contributed by atoms with Gasteiger partial charge in [0.15, 0.2) is 6.04 Å². The van der Waals surface area contributed by atoms with Gasteiger partial charge in [0.05, 0.1) is 0 Å². The molecule has 11 heavy (non-hydrogen) atoms. The Balaban J connectivity index is 3.44. The van der Waals surface area contributed by atoms with Gasteiger partial charge in [-0.15, -0.1) is 0 Å². The molecule has 0 aromatic rings. The van der Waals surface area contributed by atoms with Crippen LogP contribution in [0.25, 0.3) is 0 Å². The Morgan fingerprint density at radius 2 is 2.27 bits per heavy atom. The topological polar surface area (TPSA) is 103 Å². The molecule has 0 bridgehead atoms. The van der Waals surface area contributed by atoms with Crippen molar-refractivity contribution in [2.75, 3.05) is 6.54 Å². The van der Waals surface area contributed by atoms with Gasteiger partial charge in [0, 0.05) is 6.42 Å². The van der Waals surface area contributed by atoms with E-state index in [0.29, 0.717) is 24.9 Å². The number of carbonyl (C=O) groups is 1. The van der Waals surface area contributed by atoms with Crippen molar-refractivity contribution in [1.82, 2.24) is 0 Å². The maximum atomic E-state index is 10.3. The minimum atomic E-state index is -1.04. The highest BCUT2D eigenvalue weighted by Gasteiger charge is 2.15. The average molecular weight is 162 g/mol. The van der Waals surface area contributed by atoms with E-state index in [9.17, 15) is 10.0 Å². The molecule has 5 nitrogen and oxygen atoms in total. The smallest absolute Gasteiger partial charge is 0.362 e. The van der Waals surface area contributed by atoms with Crippen LogP contribution in [0.2, 0.25) is 0 Å². The first-order chi connectivity index (χ1) is 5.22. The summed E-state index contributed by atoms with van der Waals surface area (Å²) in [4.78, 5) is 10.3. The first kappa shape index (κ1) is 10.3. The molecule has 66 valence electrons. The lowest BCUT2D eigenvalue weighted by Gasteiger charge is -2.11. The summed E-state index contributed by atoms with van der Waals surface area (Å²) < 4.78 is 0. The van der Waals surface area contributed by atoms with Gasteiger partial charge in [0.2, 0.25) is 0 Å². The number of quaternary nitrogens is 1. The molecular weight excluding hydrogens is 148 g/mol. The van der Waals surface area contributed by atoms with Crippen LogP contribution in [-0.4, -0.2) is 23.7 Å². The van der Waals surface area contributed by atoms with E-state index in [2.05, 4.69) is 0 Å². The van der Waals surface area contributed by atoms with Crippen molar-refractivity contribution in [3.05, 3.63) is 5.21 Å². The van der Waals surface area contributed by atoms with Gasteiger partial charge in [-0.25, -0.2) is 4.79 Å². The van der Waals surface area contributed by atoms with Gasteiger partial charge in [-0.05, 0) is 19.4 Å². The van der Waals surface area contributed by atoms with Crippen molar-refractivity contribution >= 4 is 5.97 Å². The van der Waals surface area contributed by atoms with Gasteiger partial charge in [-0.3, -0.25) is 0 Å². The van der Waals surface area contributed by atoms with Crippen molar-refractivity contribution < 1.29 is 15.4 Å². The van der Waals surface area contributed by atoms with Gasteiger partial charge < -0.3 is 21.5 Å². The second-order valence-corrected chi connectivity index (χ2v) is 2.37. The highest BCUT2D eigenvalue weighted by Crippen LogP contribution is 1.96. The van der Waals surface area contributed by atoms with E-state index < -0.39 is 12.0 Å². The zero-order valence-corrected chi connectivity index (χ0v) is 6.32. The largest absolute Gasteiger partial charge is 0.635 e. The predicted octanol–water partition coefficient (Wildman–Crippen LogP) is -1.37. The van der Waals surface area contributed by atoms with Gasteiger partial charge >= 0.3 is 5.97 Å². The summed E-state index contributed by atoms with van der Waals surface area (Å²) in [6.07, 6.45) is 1.87. The fourth-order valence-electron chi connectivity index (χ4n) is 0.758. The van der Waals surface area contributed by atoms with Crippen molar-refractivity contribution in [3.63, 3.8) is 0 Å². The molecule has 0 spiro atoms. The van der Waals surface area contributed by atoms with Crippen LogP contribution in [0.15, 0.2) is 0 Å². The molecular formula is C6H14N2O3. The van der Waals surface area contributed by atoms with Gasteiger partial charge in [0.1, 0.15) is 0 Å².